The van der Waals surface area contributed by atoms with Gasteiger partial charge in [0.2, 0.25) is 0 Å². The highest BCUT2D eigenvalue weighted by molar-refractivity contribution is 5.69. The summed E-state index contributed by atoms with van der Waals surface area (Å²) in [6.07, 6.45) is 24.3. The van der Waals surface area contributed by atoms with E-state index >= 15 is 0 Å². The summed E-state index contributed by atoms with van der Waals surface area (Å²) in [5.41, 5.74) is 0. The molecule has 0 fully saturated rings. The van der Waals surface area contributed by atoms with E-state index < -0.39 is 5.97 Å². The fraction of sp³-hybridized carbons (Fsp3) is 0.962. The Hall–Kier alpha value is -0.570. The summed E-state index contributed by atoms with van der Waals surface area (Å²) in [5.74, 6) is 0.0676. The lowest BCUT2D eigenvalue weighted by Gasteiger charge is -2.12. The third-order valence-corrected chi connectivity index (χ3v) is 6.14. The second-order valence-electron chi connectivity index (χ2n) is 9.53. The molecule has 174 valence electrons. The molecule has 2 N–H and O–H groups in total. The number of rotatable bonds is 23. The van der Waals surface area contributed by atoms with Gasteiger partial charge in [0, 0.05) is 6.61 Å². The minimum atomic E-state index is -0.581. The molecule has 0 saturated carbocycles. The number of carbonyl (C=O) groups is 1. The topological polar surface area (TPSA) is 57.5 Å². The number of carboxylic acid groups (broad SMARTS) is 1. The first-order valence-corrected chi connectivity index (χ1v) is 12.9. The average Bonchev–Trinajstić information content (AvgIpc) is 2.68. The van der Waals surface area contributed by atoms with Crippen molar-refractivity contribution in [3.8, 4) is 0 Å². The van der Waals surface area contributed by atoms with Crippen molar-refractivity contribution in [3.63, 3.8) is 0 Å². The van der Waals surface area contributed by atoms with Gasteiger partial charge in [0.15, 0.2) is 0 Å². The number of hydrogen-bond acceptors (Lipinski definition) is 2. The Morgan fingerprint density at radius 2 is 0.862 bits per heavy atom. The first-order chi connectivity index (χ1) is 14.1. The van der Waals surface area contributed by atoms with Crippen molar-refractivity contribution in [3.05, 3.63) is 0 Å². The molecule has 0 bridgehead atoms. The molecule has 0 aliphatic carbocycles. The minimum absolute atomic E-state index is 0.113. The van der Waals surface area contributed by atoms with E-state index in [0.29, 0.717) is 6.61 Å². The highest BCUT2D eigenvalue weighted by Crippen LogP contribution is 2.20. The molecule has 29 heavy (non-hydrogen) atoms. The van der Waals surface area contributed by atoms with Crippen molar-refractivity contribution in [2.45, 2.75) is 142 Å². The number of aliphatic hydroxyl groups excluding tert-OH is 1. The van der Waals surface area contributed by atoms with Crippen LogP contribution in [-0.4, -0.2) is 22.8 Å². The second kappa shape index (κ2) is 22.1. The zero-order valence-corrected chi connectivity index (χ0v) is 19.8. The maximum absolute atomic E-state index is 11.4. The SMILES string of the molecule is CC(C)CCCCCC(CCCCCCCCCCCCCCCCO)C(=O)O. The molecule has 0 rings (SSSR count). The molecule has 0 aromatic rings. The van der Waals surface area contributed by atoms with Crippen LogP contribution in [0.5, 0.6) is 0 Å². The first-order valence-electron chi connectivity index (χ1n) is 12.9. The van der Waals surface area contributed by atoms with Gasteiger partial charge in [-0.25, -0.2) is 0 Å². The highest BCUT2D eigenvalue weighted by atomic mass is 16.4. The average molecular weight is 413 g/mol. The van der Waals surface area contributed by atoms with Crippen LogP contribution in [0.25, 0.3) is 0 Å². The van der Waals surface area contributed by atoms with Gasteiger partial charge in [-0.2, -0.15) is 0 Å². The standard InChI is InChI=1S/C26H52O3/c1-24(2)20-16-15-18-22-25(26(28)29)21-17-13-11-9-7-5-3-4-6-8-10-12-14-19-23-27/h24-25,27H,3-23H2,1-2H3,(H,28,29). The van der Waals surface area contributed by atoms with Gasteiger partial charge in [0.05, 0.1) is 5.92 Å². The van der Waals surface area contributed by atoms with E-state index in [9.17, 15) is 9.90 Å². The van der Waals surface area contributed by atoms with Crippen LogP contribution >= 0.6 is 0 Å². The largest absolute Gasteiger partial charge is 0.481 e. The van der Waals surface area contributed by atoms with Crippen LogP contribution in [0, 0.1) is 11.8 Å². The Balaban J connectivity index is 3.38. The van der Waals surface area contributed by atoms with E-state index in [1.165, 1.54) is 96.3 Å². The second-order valence-corrected chi connectivity index (χ2v) is 9.53. The smallest absolute Gasteiger partial charge is 0.306 e. The molecule has 1 unspecified atom stereocenters. The van der Waals surface area contributed by atoms with Crippen LogP contribution in [0.1, 0.15) is 142 Å². The summed E-state index contributed by atoms with van der Waals surface area (Å²) in [5, 5.41) is 18.2. The summed E-state index contributed by atoms with van der Waals surface area (Å²) < 4.78 is 0. The lowest BCUT2D eigenvalue weighted by atomic mass is 9.94. The van der Waals surface area contributed by atoms with Crippen LogP contribution in [0.2, 0.25) is 0 Å². The fourth-order valence-electron chi connectivity index (χ4n) is 4.14. The lowest BCUT2D eigenvalue weighted by molar-refractivity contribution is -0.142. The Bertz CT molecular complexity index is 341. The Morgan fingerprint density at radius 3 is 1.21 bits per heavy atom. The van der Waals surface area contributed by atoms with Gasteiger partial charge in [-0.05, 0) is 25.2 Å². The number of unbranched alkanes of at least 4 members (excludes halogenated alkanes) is 15. The van der Waals surface area contributed by atoms with Crippen LogP contribution in [-0.2, 0) is 4.79 Å². The normalized spacial score (nSPS) is 12.6. The molecule has 0 spiro atoms. The Labute approximate surface area is 182 Å². The van der Waals surface area contributed by atoms with E-state index in [4.69, 9.17) is 5.11 Å². The van der Waals surface area contributed by atoms with Gasteiger partial charge in [0.1, 0.15) is 0 Å². The molecule has 0 aliphatic heterocycles. The van der Waals surface area contributed by atoms with Gasteiger partial charge in [-0.15, -0.1) is 0 Å². The van der Waals surface area contributed by atoms with Crippen LogP contribution in [0.3, 0.4) is 0 Å². The Morgan fingerprint density at radius 1 is 0.552 bits per heavy atom. The zero-order chi connectivity index (χ0) is 21.6. The molecule has 0 amide bonds. The van der Waals surface area contributed by atoms with Crippen molar-refractivity contribution >= 4 is 5.97 Å². The number of carboxylic acids is 1. The predicted octanol–water partition coefficient (Wildman–Crippen LogP) is 8.14. The summed E-state index contributed by atoms with van der Waals surface area (Å²) in [6, 6.07) is 0. The van der Waals surface area contributed by atoms with Gasteiger partial charge >= 0.3 is 5.97 Å². The number of hydrogen-bond donors (Lipinski definition) is 2. The molecule has 0 radical (unpaired) electrons. The monoisotopic (exact) mass is 412 g/mol. The maximum atomic E-state index is 11.4. The summed E-state index contributed by atoms with van der Waals surface area (Å²) in [7, 11) is 0. The third-order valence-electron chi connectivity index (χ3n) is 6.14. The van der Waals surface area contributed by atoms with Crippen LogP contribution in [0.4, 0.5) is 0 Å². The van der Waals surface area contributed by atoms with Gasteiger partial charge in [-0.3, -0.25) is 4.79 Å². The van der Waals surface area contributed by atoms with E-state index in [0.717, 1.165) is 38.0 Å². The zero-order valence-electron chi connectivity index (χ0n) is 19.8. The first kappa shape index (κ1) is 28.4. The number of aliphatic carboxylic acids is 1. The summed E-state index contributed by atoms with van der Waals surface area (Å²) >= 11 is 0. The highest BCUT2D eigenvalue weighted by Gasteiger charge is 2.16. The van der Waals surface area contributed by atoms with Gasteiger partial charge in [0.25, 0.3) is 0 Å². The quantitative estimate of drug-likeness (QED) is 0.166. The molecule has 0 aromatic heterocycles. The Kier molecular flexibility index (Phi) is 21.7. The van der Waals surface area contributed by atoms with Gasteiger partial charge < -0.3 is 10.2 Å². The molecular formula is C26H52O3. The fourth-order valence-corrected chi connectivity index (χ4v) is 4.14. The molecule has 0 heterocycles. The predicted molar refractivity (Wildman–Crippen MR) is 125 cm³/mol. The van der Waals surface area contributed by atoms with Crippen LogP contribution in [0.15, 0.2) is 0 Å². The van der Waals surface area contributed by atoms with E-state index in [2.05, 4.69) is 13.8 Å². The third kappa shape index (κ3) is 21.9. The molecular weight excluding hydrogens is 360 g/mol. The van der Waals surface area contributed by atoms with E-state index in [1.54, 1.807) is 0 Å². The van der Waals surface area contributed by atoms with E-state index in [1.807, 2.05) is 0 Å². The molecule has 0 aliphatic rings. The number of aliphatic hydroxyl groups is 1. The van der Waals surface area contributed by atoms with Crippen molar-refractivity contribution < 1.29 is 15.0 Å². The molecule has 0 aromatic carbocycles. The molecule has 3 nitrogen and oxygen atoms in total. The van der Waals surface area contributed by atoms with Crippen LogP contribution < -0.4 is 0 Å². The minimum Gasteiger partial charge on any atom is -0.481 e. The van der Waals surface area contributed by atoms with E-state index in [-0.39, 0.29) is 5.92 Å². The lowest BCUT2D eigenvalue weighted by Crippen LogP contribution is -2.13. The molecule has 1 atom stereocenters. The van der Waals surface area contributed by atoms with Crippen molar-refractivity contribution in [2.24, 2.45) is 11.8 Å². The molecule has 3 heteroatoms. The maximum Gasteiger partial charge on any atom is 0.306 e. The molecule has 0 saturated heterocycles. The summed E-state index contributed by atoms with van der Waals surface area (Å²) in [6.45, 7) is 4.85. The summed E-state index contributed by atoms with van der Waals surface area (Å²) in [4.78, 5) is 11.4. The van der Waals surface area contributed by atoms with Crippen molar-refractivity contribution in [2.75, 3.05) is 6.61 Å². The van der Waals surface area contributed by atoms with Crippen molar-refractivity contribution in [1.82, 2.24) is 0 Å². The van der Waals surface area contributed by atoms with Crippen molar-refractivity contribution in [1.29, 1.82) is 0 Å². The van der Waals surface area contributed by atoms with Gasteiger partial charge in [-0.1, -0.05) is 123 Å².